The van der Waals surface area contributed by atoms with Gasteiger partial charge in [0.2, 0.25) is 5.95 Å². The molecular formula is C43H29N3S. The van der Waals surface area contributed by atoms with Gasteiger partial charge >= 0.3 is 0 Å². The molecular weight excluding hydrogens is 591 g/mol. The third kappa shape index (κ3) is 3.67. The van der Waals surface area contributed by atoms with Crippen LogP contribution in [0.4, 0.5) is 0 Å². The molecule has 0 N–H and O–H groups in total. The monoisotopic (exact) mass is 619 g/mol. The second kappa shape index (κ2) is 9.71. The summed E-state index contributed by atoms with van der Waals surface area (Å²) in [6.45, 7) is 4.78. The van der Waals surface area contributed by atoms with Crippen molar-refractivity contribution in [1.29, 1.82) is 0 Å². The summed E-state index contributed by atoms with van der Waals surface area (Å²) in [6, 6.07) is 49.7. The van der Waals surface area contributed by atoms with Crippen molar-refractivity contribution < 1.29 is 0 Å². The predicted octanol–water partition coefficient (Wildman–Crippen LogP) is 11.6. The molecule has 9 aromatic rings. The van der Waals surface area contributed by atoms with E-state index >= 15 is 0 Å². The number of rotatable bonds is 3. The number of para-hydroxylation sites is 1. The van der Waals surface area contributed by atoms with E-state index in [0.717, 1.165) is 28.0 Å². The highest BCUT2D eigenvalue weighted by atomic mass is 32.1. The van der Waals surface area contributed by atoms with Crippen molar-refractivity contribution in [2.24, 2.45) is 0 Å². The summed E-state index contributed by atoms with van der Waals surface area (Å²) in [5.41, 5.74) is 11.4. The van der Waals surface area contributed by atoms with E-state index in [9.17, 15) is 0 Å². The predicted molar refractivity (Wildman–Crippen MR) is 198 cm³/mol. The standard InChI is InChI=1S/C43H29N3S/c1-43(2)31-22-12-9-19-28(31)36-39(43)37-30-21-11-14-24-35(30)47-41(37)38-29-20-10-13-23-34(29)46(40(36)38)42-44-32(26-15-5-3-6-16-26)25-33(45-42)27-17-7-4-8-18-27/h3-25H,1-2H3. The third-order valence-corrected chi connectivity index (χ3v) is 11.2. The van der Waals surface area contributed by atoms with Crippen molar-refractivity contribution in [3.8, 4) is 39.6 Å². The Morgan fingerprint density at radius 3 is 1.91 bits per heavy atom. The summed E-state index contributed by atoms with van der Waals surface area (Å²) >= 11 is 1.91. The van der Waals surface area contributed by atoms with E-state index in [4.69, 9.17) is 9.97 Å². The Balaban J connectivity index is 1.44. The molecule has 3 heterocycles. The second-order valence-electron chi connectivity index (χ2n) is 13.0. The van der Waals surface area contributed by atoms with E-state index in [1.165, 1.54) is 58.7 Å². The molecule has 0 saturated carbocycles. The van der Waals surface area contributed by atoms with E-state index in [1.807, 2.05) is 11.3 Å². The van der Waals surface area contributed by atoms with E-state index in [1.54, 1.807) is 0 Å². The van der Waals surface area contributed by atoms with Gasteiger partial charge in [-0.05, 0) is 34.9 Å². The number of hydrogen-bond acceptors (Lipinski definition) is 3. The fourth-order valence-electron chi connectivity index (χ4n) is 7.94. The number of fused-ring (bicyclic) bond motifs is 12. The van der Waals surface area contributed by atoms with Crippen molar-refractivity contribution in [2.75, 3.05) is 0 Å². The highest BCUT2D eigenvalue weighted by Crippen LogP contribution is 2.58. The van der Waals surface area contributed by atoms with Gasteiger partial charge in [0, 0.05) is 53.1 Å². The highest BCUT2D eigenvalue weighted by Gasteiger charge is 2.41. The molecule has 0 fully saturated rings. The topological polar surface area (TPSA) is 30.7 Å². The summed E-state index contributed by atoms with van der Waals surface area (Å²) in [6.07, 6.45) is 0. The lowest BCUT2D eigenvalue weighted by atomic mass is 9.80. The Kier molecular flexibility index (Phi) is 5.50. The molecule has 0 aliphatic heterocycles. The molecule has 0 radical (unpaired) electrons. The Morgan fingerprint density at radius 1 is 0.596 bits per heavy atom. The lowest BCUT2D eigenvalue weighted by Gasteiger charge is -2.23. The first-order chi connectivity index (χ1) is 23.1. The largest absolute Gasteiger partial charge is 0.277 e. The van der Waals surface area contributed by atoms with Crippen molar-refractivity contribution >= 4 is 53.3 Å². The smallest absolute Gasteiger partial charge is 0.235 e. The van der Waals surface area contributed by atoms with Gasteiger partial charge in [-0.15, -0.1) is 11.3 Å². The van der Waals surface area contributed by atoms with Crippen molar-refractivity contribution in [1.82, 2.24) is 14.5 Å². The molecule has 222 valence electrons. The van der Waals surface area contributed by atoms with Crippen LogP contribution in [0.15, 0.2) is 140 Å². The Morgan fingerprint density at radius 2 is 1.19 bits per heavy atom. The number of benzene rings is 6. The van der Waals surface area contributed by atoms with Crippen LogP contribution in [0.25, 0.3) is 81.6 Å². The van der Waals surface area contributed by atoms with Gasteiger partial charge in [0.05, 0.1) is 22.4 Å². The van der Waals surface area contributed by atoms with Gasteiger partial charge in [-0.3, -0.25) is 4.57 Å². The van der Waals surface area contributed by atoms with Gasteiger partial charge in [0.1, 0.15) is 0 Å². The van der Waals surface area contributed by atoms with Crippen molar-refractivity contribution in [2.45, 2.75) is 19.3 Å². The first kappa shape index (κ1) is 26.6. The molecule has 10 rings (SSSR count). The van der Waals surface area contributed by atoms with E-state index in [-0.39, 0.29) is 5.41 Å². The Labute approximate surface area is 276 Å². The normalized spacial score (nSPS) is 13.5. The SMILES string of the molecule is CC1(C)c2ccccc2-c2c1c1c3ccccc3sc1c1c3ccccc3n(-c3nc(-c4ccccc4)cc(-c4ccccc4)n3)c21. The minimum absolute atomic E-state index is 0.189. The molecule has 4 heteroatoms. The van der Waals surface area contributed by atoms with Crippen LogP contribution < -0.4 is 0 Å². The quantitative estimate of drug-likeness (QED) is 0.197. The number of hydrogen-bond donors (Lipinski definition) is 0. The van der Waals surface area contributed by atoms with Crippen molar-refractivity contribution in [3.63, 3.8) is 0 Å². The summed E-state index contributed by atoms with van der Waals surface area (Å²) in [5.74, 6) is 0.682. The van der Waals surface area contributed by atoms with Crippen LogP contribution in [0.5, 0.6) is 0 Å². The third-order valence-electron chi connectivity index (χ3n) is 9.98. The molecule has 0 saturated heterocycles. The van der Waals surface area contributed by atoms with Crippen LogP contribution in [0.1, 0.15) is 25.0 Å². The van der Waals surface area contributed by atoms with Crippen LogP contribution >= 0.6 is 11.3 Å². The molecule has 0 bridgehead atoms. The summed E-state index contributed by atoms with van der Waals surface area (Å²) < 4.78 is 5.00. The molecule has 0 amide bonds. The van der Waals surface area contributed by atoms with Gasteiger partial charge in [0.25, 0.3) is 0 Å². The molecule has 1 aliphatic rings. The minimum Gasteiger partial charge on any atom is -0.277 e. The fourth-order valence-corrected chi connectivity index (χ4v) is 9.21. The zero-order valence-electron chi connectivity index (χ0n) is 26.0. The molecule has 3 aromatic heterocycles. The van der Waals surface area contributed by atoms with Gasteiger partial charge in [-0.1, -0.05) is 135 Å². The molecule has 0 atom stereocenters. The molecule has 47 heavy (non-hydrogen) atoms. The first-order valence-corrected chi connectivity index (χ1v) is 16.9. The van der Waals surface area contributed by atoms with E-state index in [2.05, 4.69) is 158 Å². The number of thiophene rings is 1. The van der Waals surface area contributed by atoms with Gasteiger partial charge in [-0.25, -0.2) is 9.97 Å². The zero-order valence-corrected chi connectivity index (χ0v) is 26.8. The molecule has 1 aliphatic carbocycles. The molecule has 3 nitrogen and oxygen atoms in total. The maximum absolute atomic E-state index is 5.37. The summed E-state index contributed by atoms with van der Waals surface area (Å²) in [5, 5.41) is 5.20. The average Bonchev–Trinajstić information content (AvgIpc) is 3.75. The van der Waals surface area contributed by atoms with E-state index in [0.29, 0.717) is 5.95 Å². The van der Waals surface area contributed by atoms with Gasteiger partial charge < -0.3 is 0 Å². The summed E-state index contributed by atoms with van der Waals surface area (Å²) in [7, 11) is 0. The van der Waals surface area contributed by atoms with Crippen LogP contribution in [-0.4, -0.2) is 14.5 Å². The lowest BCUT2D eigenvalue weighted by molar-refractivity contribution is 0.667. The Hall–Kier alpha value is -5.58. The van der Waals surface area contributed by atoms with Gasteiger partial charge in [-0.2, -0.15) is 0 Å². The average molecular weight is 620 g/mol. The second-order valence-corrected chi connectivity index (χ2v) is 14.0. The number of nitrogens with zero attached hydrogens (tertiary/aromatic N) is 3. The molecule has 0 spiro atoms. The van der Waals surface area contributed by atoms with Crippen LogP contribution in [0.2, 0.25) is 0 Å². The fraction of sp³-hybridized carbons (Fsp3) is 0.0698. The Bertz CT molecular complexity index is 2640. The molecule has 6 aromatic carbocycles. The van der Waals surface area contributed by atoms with Crippen LogP contribution in [0, 0.1) is 0 Å². The minimum atomic E-state index is -0.189. The van der Waals surface area contributed by atoms with Gasteiger partial charge in [0.15, 0.2) is 0 Å². The summed E-state index contributed by atoms with van der Waals surface area (Å²) in [4.78, 5) is 10.7. The van der Waals surface area contributed by atoms with Crippen LogP contribution in [-0.2, 0) is 5.41 Å². The van der Waals surface area contributed by atoms with E-state index < -0.39 is 0 Å². The maximum Gasteiger partial charge on any atom is 0.235 e. The van der Waals surface area contributed by atoms with Crippen molar-refractivity contribution in [3.05, 3.63) is 151 Å². The highest BCUT2D eigenvalue weighted by molar-refractivity contribution is 7.26. The number of aromatic nitrogens is 3. The van der Waals surface area contributed by atoms with Crippen LogP contribution in [0.3, 0.4) is 0 Å². The zero-order chi connectivity index (χ0) is 31.3. The first-order valence-electron chi connectivity index (χ1n) is 16.1. The lowest BCUT2D eigenvalue weighted by Crippen LogP contribution is -2.15. The maximum atomic E-state index is 5.37. The molecule has 0 unspecified atom stereocenters.